The maximum Gasteiger partial charge on any atom is 0.107 e. The molecule has 148 valence electrons. The second-order valence-electron chi connectivity index (χ2n) is 6.62. The molecule has 0 radical (unpaired) electrons. The number of ether oxygens (including phenoxy) is 1. The lowest BCUT2D eigenvalue weighted by molar-refractivity contribution is 0.108. The fraction of sp³-hybridized carbons (Fsp3) is 0.125. The first kappa shape index (κ1) is 19.5. The Hall–Kier alpha value is -3.77. The molecule has 6 nitrogen and oxygen atoms in total. The van der Waals surface area contributed by atoms with Crippen LogP contribution in [0, 0.1) is 0 Å². The quantitative estimate of drug-likeness (QED) is 0.416. The average molecular weight is 395 g/mol. The lowest BCUT2D eigenvalue weighted by atomic mass is 10.1. The predicted molar refractivity (Wildman–Crippen MR) is 116 cm³/mol. The summed E-state index contributed by atoms with van der Waals surface area (Å²) >= 11 is 0. The summed E-state index contributed by atoms with van der Waals surface area (Å²) in [6, 6.07) is 19.7. The maximum absolute atomic E-state index is 5.97. The molecule has 0 aliphatic rings. The Kier molecular flexibility index (Phi) is 6.60. The van der Waals surface area contributed by atoms with Gasteiger partial charge in [0.05, 0.1) is 36.8 Å². The van der Waals surface area contributed by atoms with E-state index in [4.69, 9.17) is 9.73 Å². The molecule has 3 aromatic heterocycles. The molecular formula is C24H21N5O. The van der Waals surface area contributed by atoms with Crippen molar-refractivity contribution in [2.45, 2.75) is 12.6 Å². The smallest absolute Gasteiger partial charge is 0.107 e. The van der Waals surface area contributed by atoms with Crippen LogP contribution >= 0.6 is 0 Å². The fourth-order valence-electron chi connectivity index (χ4n) is 2.90. The maximum atomic E-state index is 5.97. The molecular weight excluding hydrogens is 374 g/mol. The number of pyridine rings is 2. The van der Waals surface area contributed by atoms with Crippen LogP contribution in [0.15, 0.2) is 96.6 Å². The Bertz CT molecular complexity index is 1060. The van der Waals surface area contributed by atoms with Crippen molar-refractivity contribution in [2.24, 2.45) is 4.99 Å². The second kappa shape index (κ2) is 10.1. The average Bonchev–Trinajstić information content (AvgIpc) is 2.83. The second-order valence-corrected chi connectivity index (χ2v) is 6.62. The Morgan fingerprint density at radius 1 is 0.800 bits per heavy atom. The van der Waals surface area contributed by atoms with Gasteiger partial charge in [-0.25, -0.2) is 0 Å². The molecule has 0 saturated heterocycles. The molecule has 0 aliphatic heterocycles. The summed E-state index contributed by atoms with van der Waals surface area (Å²) in [4.78, 5) is 21.8. The van der Waals surface area contributed by atoms with Gasteiger partial charge >= 0.3 is 0 Å². The summed E-state index contributed by atoms with van der Waals surface area (Å²) in [6.45, 7) is 0.912. The summed E-state index contributed by atoms with van der Waals surface area (Å²) in [7, 11) is 0. The molecule has 1 aromatic carbocycles. The predicted octanol–water partition coefficient (Wildman–Crippen LogP) is 4.31. The molecule has 0 N–H and O–H groups in total. The zero-order valence-electron chi connectivity index (χ0n) is 16.4. The number of rotatable bonds is 8. The molecule has 3 heterocycles. The molecule has 0 saturated carbocycles. The first-order chi connectivity index (χ1) is 14.9. The molecule has 0 spiro atoms. The molecule has 0 fully saturated rings. The van der Waals surface area contributed by atoms with Crippen LogP contribution in [0.4, 0.5) is 0 Å². The Morgan fingerprint density at radius 2 is 1.70 bits per heavy atom. The zero-order chi connectivity index (χ0) is 20.4. The third-order valence-corrected chi connectivity index (χ3v) is 4.45. The third-order valence-electron chi connectivity index (χ3n) is 4.45. The van der Waals surface area contributed by atoms with Crippen molar-refractivity contribution in [2.75, 3.05) is 6.61 Å². The van der Waals surface area contributed by atoms with Gasteiger partial charge in [-0.3, -0.25) is 24.9 Å². The van der Waals surface area contributed by atoms with Crippen molar-refractivity contribution in [3.8, 4) is 11.4 Å². The number of nitrogens with zero attached hydrogens (tertiary/aromatic N) is 5. The van der Waals surface area contributed by atoms with Gasteiger partial charge < -0.3 is 4.74 Å². The van der Waals surface area contributed by atoms with E-state index in [0.717, 1.165) is 28.2 Å². The number of benzene rings is 1. The van der Waals surface area contributed by atoms with Gasteiger partial charge in [0.15, 0.2) is 0 Å². The van der Waals surface area contributed by atoms with Crippen LogP contribution in [0.3, 0.4) is 0 Å². The molecule has 4 aromatic rings. The van der Waals surface area contributed by atoms with Gasteiger partial charge in [0, 0.05) is 31.0 Å². The van der Waals surface area contributed by atoms with Crippen LogP contribution in [-0.4, -0.2) is 32.8 Å². The molecule has 0 amide bonds. The molecule has 0 bridgehead atoms. The minimum absolute atomic E-state index is 0.111. The highest BCUT2D eigenvalue weighted by Gasteiger charge is 2.10. The van der Waals surface area contributed by atoms with Gasteiger partial charge in [-0.2, -0.15) is 0 Å². The topological polar surface area (TPSA) is 73.2 Å². The SMILES string of the molecule is C(=N[C@@H](COCc1ccc(-c2cnccn2)nc1)c1ccccc1)c1ccccn1. The summed E-state index contributed by atoms with van der Waals surface area (Å²) in [5.41, 5.74) is 4.44. The van der Waals surface area contributed by atoms with Crippen molar-refractivity contribution in [3.05, 3.63) is 108 Å². The molecule has 6 heteroatoms. The van der Waals surface area contributed by atoms with Crippen LogP contribution in [-0.2, 0) is 11.3 Å². The highest BCUT2D eigenvalue weighted by Crippen LogP contribution is 2.19. The molecule has 30 heavy (non-hydrogen) atoms. The van der Waals surface area contributed by atoms with Crippen molar-refractivity contribution in [1.82, 2.24) is 19.9 Å². The number of aliphatic imine (C=N–C) groups is 1. The van der Waals surface area contributed by atoms with E-state index in [1.807, 2.05) is 48.5 Å². The summed E-state index contributed by atoms with van der Waals surface area (Å²) in [6.07, 6.45) is 10.3. The number of hydrogen-bond acceptors (Lipinski definition) is 6. The van der Waals surface area contributed by atoms with E-state index in [1.165, 1.54) is 0 Å². The molecule has 1 atom stereocenters. The van der Waals surface area contributed by atoms with E-state index in [0.29, 0.717) is 13.2 Å². The van der Waals surface area contributed by atoms with Gasteiger partial charge in [0.1, 0.15) is 5.69 Å². The van der Waals surface area contributed by atoms with Crippen molar-refractivity contribution < 1.29 is 4.74 Å². The Morgan fingerprint density at radius 3 is 2.43 bits per heavy atom. The highest BCUT2D eigenvalue weighted by molar-refractivity contribution is 5.76. The van der Waals surface area contributed by atoms with Gasteiger partial charge in [0.25, 0.3) is 0 Å². The van der Waals surface area contributed by atoms with E-state index in [1.54, 1.807) is 37.2 Å². The number of hydrogen-bond donors (Lipinski definition) is 0. The van der Waals surface area contributed by atoms with E-state index < -0.39 is 0 Å². The molecule has 4 rings (SSSR count). The van der Waals surface area contributed by atoms with E-state index >= 15 is 0 Å². The van der Waals surface area contributed by atoms with Crippen LogP contribution in [0.2, 0.25) is 0 Å². The Balaban J connectivity index is 1.39. The largest absolute Gasteiger partial charge is 0.374 e. The summed E-state index contributed by atoms with van der Waals surface area (Å²) in [5.74, 6) is 0. The first-order valence-corrected chi connectivity index (χ1v) is 9.67. The van der Waals surface area contributed by atoms with Crippen molar-refractivity contribution in [1.29, 1.82) is 0 Å². The normalized spacial score (nSPS) is 12.1. The van der Waals surface area contributed by atoms with Crippen molar-refractivity contribution in [3.63, 3.8) is 0 Å². The van der Waals surface area contributed by atoms with Crippen LogP contribution in [0.1, 0.15) is 22.9 Å². The van der Waals surface area contributed by atoms with Gasteiger partial charge in [0.2, 0.25) is 0 Å². The first-order valence-electron chi connectivity index (χ1n) is 9.67. The minimum atomic E-state index is -0.111. The van der Waals surface area contributed by atoms with E-state index in [9.17, 15) is 0 Å². The van der Waals surface area contributed by atoms with Crippen LogP contribution in [0.5, 0.6) is 0 Å². The third kappa shape index (κ3) is 5.40. The van der Waals surface area contributed by atoms with Gasteiger partial charge in [-0.15, -0.1) is 0 Å². The van der Waals surface area contributed by atoms with Gasteiger partial charge in [-0.05, 0) is 29.3 Å². The summed E-state index contributed by atoms with van der Waals surface area (Å²) < 4.78 is 5.97. The van der Waals surface area contributed by atoms with Crippen molar-refractivity contribution >= 4 is 6.21 Å². The standard InChI is InChI=1S/C24H21N5O/c1-2-6-20(7-3-1)24(29-15-21-8-4-5-11-26-21)18-30-17-19-9-10-22(28-14-19)23-16-25-12-13-27-23/h1-16,24H,17-18H2/t24-/m0/s1. The Labute approximate surface area is 175 Å². The van der Waals surface area contributed by atoms with Crippen LogP contribution < -0.4 is 0 Å². The van der Waals surface area contributed by atoms with Crippen LogP contribution in [0.25, 0.3) is 11.4 Å². The minimum Gasteiger partial charge on any atom is -0.374 e. The molecule has 0 unspecified atom stereocenters. The van der Waals surface area contributed by atoms with Gasteiger partial charge in [-0.1, -0.05) is 42.5 Å². The van der Waals surface area contributed by atoms with E-state index in [2.05, 4.69) is 32.1 Å². The van der Waals surface area contributed by atoms with E-state index in [-0.39, 0.29) is 6.04 Å². The summed E-state index contributed by atoms with van der Waals surface area (Å²) in [5, 5.41) is 0. The monoisotopic (exact) mass is 395 g/mol. The zero-order valence-corrected chi connectivity index (χ0v) is 16.4. The highest BCUT2D eigenvalue weighted by atomic mass is 16.5. The number of aromatic nitrogens is 4. The molecule has 0 aliphatic carbocycles. The fourth-order valence-corrected chi connectivity index (χ4v) is 2.90. The lowest BCUT2D eigenvalue weighted by Crippen LogP contribution is -2.07. The lowest BCUT2D eigenvalue weighted by Gasteiger charge is -2.13.